The molecule has 6 nitrogen and oxygen atoms in total. The van der Waals surface area contributed by atoms with E-state index < -0.39 is 0 Å². The standard InChI is InChI=1S/C22H22N4O2/c23-15-18-22(28-21(24-18)20-9-4-14-27-20)26-12-10-25(11-13-26)19-8-3-6-16-5-1-2-7-17(16)19/h1-2,4-5,7,9,14,19H,3,6,8,10-13H2. The Morgan fingerprint density at radius 1 is 1.07 bits per heavy atom. The lowest BCUT2D eigenvalue weighted by molar-refractivity contribution is 0.167. The molecule has 1 saturated heterocycles. The summed E-state index contributed by atoms with van der Waals surface area (Å²) in [5.74, 6) is 1.46. The second-order valence-electron chi connectivity index (χ2n) is 7.39. The molecule has 2 aliphatic rings. The lowest BCUT2D eigenvalue weighted by Gasteiger charge is -2.41. The van der Waals surface area contributed by atoms with Crippen LogP contribution >= 0.6 is 0 Å². The number of hydrogen-bond acceptors (Lipinski definition) is 6. The van der Waals surface area contributed by atoms with E-state index in [1.54, 1.807) is 18.4 Å². The first-order valence-corrected chi connectivity index (χ1v) is 9.85. The van der Waals surface area contributed by atoms with E-state index in [0.717, 1.165) is 26.2 Å². The molecule has 6 heteroatoms. The number of furan rings is 1. The Balaban J connectivity index is 1.33. The molecule has 1 aliphatic heterocycles. The number of rotatable bonds is 3. The molecule has 0 N–H and O–H groups in total. The minimum absolute atomic E-state index is 0.322. The Kier molecular flexibility index (Phi) is 4.38. The molecule has 1 fully saturated rings. The smallest absolute Gasteiger partial charge is 0.266 e. The van der Waals surface area contributed by atoms with E-state index in [4.69, 9.17) is 8.83 Å². The summed E-state index contributed by atoms with van der Waals surface area (Å²) in [4.78, 5) is 9.01. The largest absolute Gasteiger partial charge is 0.459 e. The first-order chi connectivity index (χ1) is 13.8. The average molecular weight is 374 g/mol. The monoisotopic (exact) mass is 374 g/mol. The van der Waals surface area contributed by atoms with Crippen LogP contribution in [0.2, 0.25) is 0 Å². The molecular weight excluding hydrogens is 352 g/mol. The summed E-state index contributed by atoms with van der Waals surface area (Å²) in [6, 6.07) is 15.1. The van der Waals surface area contributed by atoms with Crippen molar-refractivity contribution < 1.29 is 8.83 Å². The van der Waals surface area contributed by atoms with E-state index in [9.17, 15) is 5.26 Å². The Morgan fingerprint density at radius 2 is 1.93 bits per heavy atom. The number of benzene rings is 1. The van der Waals surface area contributed by atoms with Gasteiger partial charge in [-0.3, -0.25) is 4.90 Å². The van der Waals surface area contributed by atoms with Gasteiger partial charge in [0.25, 0.3) is 5.89 Å². The van der Waals surface area contributed by atoms with Gasteiger partial charge in [0.2, 0.25) is 11.6 Å². The maximum Gasteiger partial charge on any atom is 0.266 e. The van der Waals surface area contributed by atoms with E-state index in [-0.39, 0.29) is 0 Å². The second-order valence-corrected chi connectivity index (χ2v) is 7.39. The molecule has 0 radical (unpaired) electrons. The van der Waals surface area contributed by atoms with Gasteiger partial charge in [-0.25, -0.2) is 0 Å². The van der Waals surface area contributed by atoms with Crippen molar-refractivity contribution in [1.29, 1.82) is 5.26 Å². The van der Waals surface area contributed by atoms with Crippen molar-refractivity contribution in [2.45, 2.75) is 25.3 Å². The van der Waals surface area contributed by atoms with Crippen molar-refractivity contribution in [3.05, 3.63) is 59.5 Å². The molecule has 3 heterocycles. The molecule has 1 aliphatic carbocycles. The van der Waals surface area contributed by atoms with E-state index in [0.29, 0.717) is 29.3 Å². The lowest BCUT2D eigenvalue weighted by atomic mass is 9.86. The number of piperazine rings is 1. The zero-order chi connectivity index (χ0) is 18.9. The van der Waals surface area contributed by atoms with Crippen molar-refractivity contribution >= 4 is 5.88 Å². The molecule has 5 rings (SSSR count). The molecule has 0 bridgehead atoms. The van der Waals surface area contributed by atoms with E-state index in [1.165, 1.54) is 30.4 Å². The van der Waals surface area contributed by atoms with Gasteiger partial charge in [-0.1, -0.05) is 24.3 Å². The number of nitriles is 1. The van der Waals surface area contributed by atoms with Gasteiger partial charge in [0.05, 0.1) is 6.26 Å². The van der Waals surface area contributed by atoms with Crippen LogP contribution in [0.15, 0.2) is 51.5 Å². The van der Waals surface area contributed by atoms with E-state index >= 15 is 0 Å². The summed E-state index contributed by atoms with van der Waals surface area (Å²) in [5, 5.41) is 9.48. The topological polar surface area (TPSA) is 69.4 Å². The highest BCUT2D eigenvalue weighted by atomic mass is 16.4. The third-order valence-electron chi connectivity index (χ3n) is 5.83. The van der Waals surface area contributed by atoms with Crippen LogP contribution in [0.1, 0.15) is 35.7 Å². The van der Waals surface area contributed by atoms with Crippen LogP contribution in [0.3, 0.4) is 0 Å². The van der Waals surface area contributed by atoms with Gasteiger partial charge in [0, 0.05) is 32.2 Å². The van der Waals surface area contributed by atoms with Crippen LogP contribution in [0.5, 0.6) is 0 Å². The third-order valence-corrected chi connectivity index (χ3v) is 5.83. The highest BCUT2D eigenvalue weighted by Crippen LogP contribution is 2.36. The first kappa shape index (κ1) is 17.1. The van der Waals surface area contributed by atoms with Crippen LogP contribution in [0.4, 0.5) is 5.88 Å². The van der Waals surface area contributed by atoms with Gasteiger partial charge in [-0.2, -0.15) is 10.2 Å². The summed E-state index contributed by atoms with van der Waals surface area (Å²) in [6.07, 6.45) is 5.22. The van der Waals surface area contributed by atoms with Gasteiger partial charge in [0.15, 0.2) is 5.76 Å². The Hall–Kier alpha value is -3.04. The minimum atomic E-state index is 0.322. The summed E-state index contributed by atoms with van der Waals surface area (Å²) in [6.45, 7) is 3.53. The quantitative estimate of drug-likeness (QED) is 0.690. The van der Waals surface area contributed by atoms with Gasteiger partial charge in [-0.05, 0) is 42.5 Å². The third kappa shape index (κ3) is 2.98. The van der Waals surface area contributed by atoms with Gasteiger partial charge in [0.1, 0.15) is 6.07 Å². The fourth-order valence-electron chi connectivity index (χ4n) is 4.45. The number of fused-ring (bicyclic) bond motifs is 1. The van der Waals surface area contributed by atoms with Crippen molar-refractivity contribution in [3.8, 4) is 17.7 Å². The molecule has 1 atom stereocenters. The first-order valence-electron chi connectivity index (χ1n) is 9.85. The van der Waals surface area contributed by atoms with Crippen LogP contribution in [0, 0.1) is 11.3 Å². The van der Waals surface area contributed by atoms with Crippen LogP contribution in [0.25, 0.3) is 11.7 Å². The average Bonchev–Trinajstić information content (AvgIpc) is 3.43. The van der Waals surface area contributed by atoms with Crippen molar-refractivity contribution in [2.75, 3.05) is 31.1 Å². The molecule has 2 aromatic heterocycles. The number of oxazole rings is 1. The summed E-state index contributed by atoms with van der Waals surface area (Å²) in [7, 11) is 0. The molecular formula is C22H22N4O2. The Morgan fingerprint density at radius 3 is 2.71 bits per heavy atom. The van der Waals surface area contributed by atoms with Gasteiger partial charge >= 0.3 is 0 Å². The predicted octanol–water partition coefficient (Wildman–Crippen LogP) is 4.01. The van der Waals surface area contributed by atoms with Crippen LogP contribution in [-0.4, -0.2) is 36.1 Å². The highest BCUT2D eigenvalue weighted by molar-refractivity contribution is 5.55. The molecule has 0 amide bonds. The number of nitrogens with zero attached hydrogens (tertiary/aromatic N) is 4. The van der Waals surface area contributed by atoms with Crippen LogP contribution in [-0.2, 0) is 6.42 Å². The number of aromatic nitrogens is 1. The minimum Gasteiger partial charge on any atom is -0.459 e. The summed E-state index contributed by atoms with van der Waals surface area (Å²) >= 11 is 0. The molecule has 1 unspecified atom stereocenters. The fourth-order valence-corrected chi connectivity index (χ4v) is 4.45. The molecule has 0 spiro atoms. The van der Waals surface area contributed by atoms with E-state index in [1.807, 2.05) is 0 Å². The second kappa shape index (κ2) is 7.17. The molecule has 0 saturated carbocycles. The lowest BCUT2D eigenvalue weighted by Crippen LogP contribution is -2.48. The molecule has 142 valence electrons. The van der Waals surface area contributed by atoms with Crippen molar-refractivity contribution in [3.63, 3.8) is 0 Å². The maximum absolute atomic E-state index is 9.48. The summed E-state index contributed by atoms with van der Waals surface area (Å²) < 4.78 is 11.3. The highest BCUT2D eigenvalue weighted by Gasteiger charge is 2.30. The van der Waals surface area contributed by atoms with Crippen molar-refractivity contribution in [1.82, 2.24) is 9.88 Å². The van der Waals surface area contributed by atoms with Crippen molar-refractivity contribution in [2.24, 2.45) is 0 Å². The number of aryl methyl sites for hydroxylation is 1. The molecule has 3 aromatic rings. The normalized spacial score (nSPS) is 20.0. The van der Waals surface area contributed by atoms with Crippen LogP contribution < -0.4 is 4.90 Å². The zero-order valence-corrected chi connectivity index (χ0v) is 15.7. The SMILES string of the molecule is N#Cc1nc(-c2ccco2)oc1N1CCN(C2CCCc3ccccc32)CC1. The van der Waals surface area contributed by atoms with Gasteiger partial charge < -0.3 is 13.7 Å². The molecule has 1 aromatic carbocycles. The zero-order valence-electron chi connectivity index (χ0n) is 15.7. The number of anilines is 1. The fraction of sp³-hybridized carbons (Fsp3) is 0.364. The summed E-state index contributed by atoms with van der Waals surface area (Å²) in [5.41, 5.74) is 3.30. The van der Waals surface area contributed by atoms with Gasteiger partial charge in [-0.15, -0.1) is 0 Å². The number of hydrogen-bond donors (Lipinski definition) is 0. The van der Waals surface area contributed by atoms with E-state index in [2.05, 4.69) is 45.1 Å². The Labute approximate surface area is 164 Å². The maximum atomic E-state index is 9.48. The predicted molar refractivity (Wildman–Crippen MR) is 105 cm³/mol. The molecule has 28 heavy (non-hydrogen) atoms. The Bertz CT molecular complexity index is 994.